The summed E-state index contributed by atoms with van der Waals surface area (Å²) >= 11 is 0. The molecule has 0 heterocycles. The smallest absolute Gasteiger partial charge is 0.227 e. The SMILES string of the molecule is C=Cc1cccc(NC(=O)[C@H](C)CCC(C)=O)c1C. The summed E-state index contributed by atoms with van der Waals surface area (Å²) in [4.78, 5) is 23.0. The van der Waals surface area contributed by atoms with Crippen molar-refractivity contribution in [3.05, 3.63) is 35.9 Å². The molecule has 1 aromatic rings. The Kier molecular flexibility index (Phi) is 5.49. The van der Waals surface area contributed by atoms with Crippen LogP contribution in [-0.2, 0) is 9.59 Å². The maximum atomic E-state index is 12.0. The summed E-state index contributed by atoms with van der Waals surface area (Å²) in [5.41, 5.74) is 2.82. The molecule has 0 aliphatic carbocycles. The molecular formula is C16H21NO2. The number of anilines is 1. The number of carbonyl (C=O) groups is 2. The second-order valence-corrected chi connectivity index (χ2v) is 4.85. The molecule has 1 aromatic carbocycles. The lowest BCUT2D eigenvalue weighted by atomic mass is 10.0. The fourth-order valence-corrected chi connectivity index (χ4v) is 1.82. The molecule has 3 heteroatoms. The van der Waals surface area contributed by atoms with Gasteiger partial charge in [0, 0.05) is 18.0 Å². The summed E-state index contributed by atoms with van der Waals surface area (Å²) in [6, 6.07) is 5.72. The summed E-state index contributed by atoms with van der Waals surface area (Å²) in [5.74, 6) is -0.106. The Labute approximate surface area is 114 Å². The standard InChI is InChI=1S/C16H21NO2/c1-5-14-7-6-8-15(13(14)4)17-16(19)11(2)9-10-12(3)18/h5-8,11H,1,9-10H2,2-4H3,(H,17,19)/t11-/m1/s1. The van der Waals surface area contributed by atoms with Gasteiger partial charge in [-0.05, 0) is 37.5 Å². The Morgan fingerprint density at radius 1 is 1.42 bits per heavy atom. The number of rotatable bonds is 6. The summed E-state index contributed by atoms with van der Waals surface area (Å²) in [7, 11) is 0. The monoisotopic (exact) mass is 259 g/mol. The Balaban J connectivity index is 2.71. The predicted octanol–water partition coefficient (Wildman–Crippen LogP) is 3.58. The average molecular weight is 259 g/mol. The third-order valence-corrected chi connectivity index (χ3v) is 3.23. The van der Waals surface area contributed by atoms with Crippen LogP contribution in [0.5, 0.6) is 0 Å². The molecule has 0 unspecified atom stereocenters. The molecule has 3 nitrogen and oxygen atoms in total. The molecule has 0 saturated carbocycles. The van der Waals surface area contributed by atoms with Crippen LogP contribution in [0.2, 0.25) is 0 Å². The second kappa shape index (κ2) is 6.88. The van der Waals surface area contributed by atoms with Crippen LogP contribution in [0.4, 0.5) is 5.69 Å². The molecular weight excluding hydrogens is 238 g/mol. The Hall–Kier alpha value is -1.90. The van der Waals surface area contributed by atoms with Crippen molar-refractivity contribution in [2.24, 2.45) is 5.92 Å². The van der Waals surface area contributed by atoms with Gasteiger partial charge in [0.1, 0.15) is 5.78 Å². The van der Waals surface area contributed by atoms with Gasteiger partial charge in [-0.15, -0.1) is 0 Å². The number of hydrogen-bond acceptors (Lipinski definition) is 2. The third kappa shape index (κ3) is 4.36. The van der Waals surface area contributed by atoms with Gasteiger partial charge in [-0.25, -0.2) is 0 Å². The number of hydrogen-bond donors (Lipinski definition) is 1. The molecule has 1 atom stereocenters. The summed E-state index contributed by atoms with van der Waals surface area (Å²) in [5, 5.41) is 2.91. The van der Waals surface area contributed by atoms with E-state index in [4.69, 9.17) is 0 Å². The van der Waals surface area contributed by atoms with Crippen molar-refractivity contribution in [2.45, 2.75) is 33.6 Å². The molecule has 0 bridgehead atoms. The van der Waals surface area contributed by atoms with Gasteiger partial charge in [-0.2, -0.15) is 0 Å². The van der Waals surface area contributed by atoms with Gasteiger partial charge in [-0.3, -0.25) is 4.79 Å². The van der Waals surface area contributed by atoms with E-state index in [0.717, 1.165) is 16.8 Å². The molecule has 1 N–H and O–H groups in total. The van der Waals surface area contributed by atoms with E-state index in [1.807, 2.05) is 32.0 Å². The topological polar surface area (TPSA) is 46.2 Å². The van der Waals surface area contributed by atoms with Crippen LogP contribution in [0.3, 0.4) is 0 Å². The fourth-order valence-electron chi connectivity index (χ4n) is 1.82. The maximum absolute atomic E-state index is 12.0. The lowest BCUT2D eigenvalue weighted by Crippen LogP contribution is -2.21. The van der Waals surface area contributed by atoms with Crippen molar-refractivity contribution in [1.82, 2.24) is 0 Å². The lowest BCUT2D eigenvalue weighted by Gasteiger charge is -2.14. The lowest BCUT2D eigenvalue weighted by molar-refractivity contribution is -0.120. The van der Waals surface area contributed by atoms with Gasteiger partial charge in [0.25, 0.3) is 0 Å². The highest BCUT2D eigenvalue weighted by Gasteiger charge is 2.14. The molecule has 102 valence electrons. The fraction of sp³-hybridized carbons (Fsp3) is 0.375. The Morgan fingerprint density at radius 3 is 2.68 bits per heavy atom. The minimum absolute atomic E-state index is 0.0504. The number of nitrogens with one attached hydrogen (secondary N) is 1. The summed E-state index contributed by atoms with van der Waals surface area (Å²) in [6.07, 6.45) is 2.80. The van der Waals surface area contributed by atoms with Crippen molar-refractivity contribution in [3.63, 3.8) is 0 Å². The van der Waals surface area contributed by atoms with Crippen LogP contribution in [0, 0.1) is 12.8 Å². The van der Waals surface area contributed by atoms with Gasteiger partial charge >= 0.3 is 0 Å². The van der Waals surface area contributed by atoms with Gasteiger partial charge in [0.05, 0.1) is 0 Å². The number of amides is 1. The van der Waals surface area contributed by atoms with Crippen LogP contribution in [0.15, 0.2) is 24.8 Å². The molecule has 0 radical (unpaired) electrons. The first-order chi connectivity index (χ1) is 8.95. The van der Waals surface area contributed by atoms with Gasteiger partial charge < -0.3 is 10.1 Å². The Morgan fingerprint density at radius 2 is 2.11 bits per heavy atom. The van der Waals surface area contributed by atoms with E-state index >= 15 is 0 Å². The molecule has 1 amide bonds. The predicted molar refractivity (Wildman–Crippen MR) is 79.0 cm³/mol. The van der Waals surface area contributed by atoms with Crippen LogP contribution in [0.1, 0.15) is 37.8 Å². The van der Waals surface area contributed by atoms with Crippen molar-refractivity contribution in [3.8, 4) is 0 Å². The maximum Gasteiger partial charge on any atom is 0.227 e. The Bertz CT molecular complexity index is 492. The van der Waals surface area contributed by atoms with Crippen molar-refractivity contribution in [1.29, 1.82) is 0 Å². The first-order valence-electron chi connectivity index (χ1n) is 6.48. The molecule has 0 fully saturated rings. The molecule has 1 rings (SSSR count). The number of Topliss-reactive ketones (excluding diaryl/α,β-unsaturated/α-hetero) is 1. The van der Waals surface area contributed by atoms with E-state index in [0.29, 0.717) is 12.8 Å². The van der Waals surface area contributed by atoms with Crippen molar-refractivity contribution in [2.75, 3.05) is 5.32 Å². The molecule has 0 saturated heterocycles. The first kappa shape index (κ1) is 15.2. The zero-order chi connectivity index (χ0) is 14.4. The molecule has 0 aromatic heterocycles. The first-order valence-corrected chi connectivity index (χ1v) is 6.48. The molecule has 0 aliphatic rings. The van der Waals surface area contributed by atoms with Gasteiger partial charge in [0.2, 0.25) is 5.91 Å². The zero-order valence-corrected chi connectivity index (χ0v) is 11.8. The van der Waals surface area contributed by atoms with E-state index in [-0.39, 0.29) is 17.6 Å². The summed E-state index contributed by atoms with van der Waals surface area (Å²) in [6.45, 7) is 9.08. The highest BCUT2D eigenvalue weighted by Crippen LogP contribution is 2.21. The second-order valence-electron chi connectivity index (χ2n) is 4.85. The number of carbonyl (C=O) groups excluding carboxylic acids is 2. The van der Waals surface area contributed by atoms with E-state index in [1.54, 1.807) is 13.0 Å². The van der Waals surface area contributed by atoms with Gasteiger partial charge in [0.15, 0.2) is 0 Å². The molecule has 0 aliphatic heterocycles. The zero-order valence-electron chi connectivity index (χ0n) is 11.8. The van der Waals surface area contributed by atoms with Crippen molar-refractivity contribution >= 4 is 23.5 Å². The van der Waals surface area contributed by atoms with Crippen LogP contribution in [-0.4, -0.2) is 11.7 Å². The number of benzene rings is 1. The van der Waals surface area contributed by atoms with E-state index in [2.05, 4.69) is 11.9 Å². The normalized spacial score (nSPS) is 11.7. The van der Waals surface area contributed by atoms with Crippen molar-refractivity contribution < 1.29 is 9.59 Å². The van der Waals surface area contributed by atoms with Crippen LogP contribution in [0.25, 0.3) is 6.08 Å². The van der Waals surface area contributed by atoms with Crippen LogP contribution >= 0.6 is 0 Å². The molecule has 19 heavy (non-hydrogen) atoms. The van der Waals surface area contributed by atoms with E-state index in [1.165, 1.54) is 0 Å². The van der Waals surface area contributed by atoms with Crippen LogP contribution < -0.4 is 5.32 Å². The largest absolute Gasteiger partial charge is 0.326 e. The minimum Gasteiger partial charge on any atom is -0.326 e. The van der Waals surface area contributed by atoms with E-state index < -0.39 is 0 Å². The third-order valence-electron chi connectivity index (χ3n) is 3.23. The number of ketones is 1. The highest BCUT2D eigenvalue weighted by molar-refractivity contribution is 5.93. The average Bonchev–Trinajstić information content (AvgIpc) is 2.38. The van der Waals surface area contributed by atoms with E-state index in [9.17, 15) is 9.59 Å². The minimum atomic E-state index is -0.171. The summed E-state index contributed by atoms with van der Waals surface area (Å²) < 4.78 is 0. The van der Waals surface area contributed by atoms with Gasteiger partial charge in [-0.1, -0.05) is 31.7 Å². The quantitative estimate of drug-likeness (QED) is 0.848. The highest BCUT2D eigenvalue weighted by atomic mass is 16.2. The molecule has 0 spiro atoms.